The normalized spacial score (nSPS) is 11.6. The predicted molar refractivity (Wildman–Crippen MR) is 82.6 cm³/mol. The van der Waals surface area contributed by atoms with Gasteiger partial charge in [0.05, 0.1) is 0 Å². The van der Waals surface area contributed by atoms with Crippen molar-refractivity contribution in [3.63, 3.8) is 0 Å². The summed E-state index contributed by atoms with van der Waals surface area (Å²) in [6.07, 6.45) is -9.57. The van der Waals surface area contributed by atoms with Gasteiger partial charge in [0.1, 0.15) is 16.9 Å². The van der Waals surface area contributed by atoms with Gasteiger partial charge in [-0.1, -0.05) is 0 Å². The van der Waals surface area contributed by atoms with E-state index < -0.39 is 92.2 Å². The van der Waals surface area contributed by atoms with Crippen molar-refractivity contribution in [2.24, 2.45) is 0 Å². The Morgan fingerprint density at radius 1 is 0.941 bits per heavy atom. The summed E-state index contributed by atoms with van der Waals surface area (Å²) < 4.78 is 147. The minimum atomic E-state index is -5.72. The number of aromatic nitrogens is 3. The van der Waals surface area contributed by atoms with Gasteiger partial charge in [-0.2, -0.15) is 31.7 Å². The molecule has 0 bridgehead atoms. The van der Waals surface area contributed by atoms with E-state index in [1.165, 1.54) is 0 Å². The molecule has 1 aromatic carbocycles. The van der Waals surface area contributed by atoms with Gasteiger partial charge in [-0.05, 0) is 12.1 Å². The van der Waals surface area contributed by atoms with Crippen molar-refractivity contribution in [2.75, 3.05) is 0 Å². The van der Waals surface area contributed by atoms with Crippen LogP contribution in [0.2, 0.25) is 0 Å². The summed E-state index contributed by atoms with van der Waals surface area (Å²) in [6, 6.07) is 0.0314. The zero-order chi connectivity index (χ0) is 25.0. The second-order valence-electron chi connectivity index (χ2n) is 6.10. The third-order valence-electron chi connectivity index (χ3n) is 4.06. The molecule has 2 aromatic heterocycles. The number of ketones is 1. The molecule has 0 radical (unpaired) electrons. The number of alkyl halides is 5. The Morgan fingerprint density at radius 2 is 1.47 bits per heavy atom. The van der Waals surface area contributed by atoms with E-state index >= 15 is 0 Å². The average Bonchev–Trinajstić information content (AvgIpc) is 3.04. The van der Waals surface area contributed by atoms with E-state index in [0.29, 0.717) is 0 Å². The molecule has 3 aromatic rings. The first-order valence-electron chi connectivity index (χ1n) is 8.08. The maximum Gasteiger partial charge on any atom is 0.436 e. The van der Waals surface area contributed by atoms with Crippen molar-refractivity contribution in [1.29, 1.82) is 0 Å². The van der Waals surface area contributed by atoms with Gasteiger partial charge >= 0.3 is 6.18 Å². The molecule has 0 saturated heterocycles. The van der Waals surface area contributed by atoms with Crippen LogP contribution in [-0.2, 0) is 25.7 Å². The first-order valence-corrected chi connectivity index (χ1v) is 8.08. The molecule has 178 valence electrons. The zero-order valence-electron chi connectivity index (χ0n) is 15.8. The topological polar surface area (TPSA) is 68.0 Å². The molecule has 0 amide bonds. The average molecular weight is 557 g/mol. The van der Waals surface area contributed by atoms with Gasteiger partial charge < -0.3 is 5.11 Å². The number of benzene rings is 1. The Labute approximate surface area is 192 Å². The van der Waals surface area contributed by atoms with Crippen LogP contribution >= 0.6 is 0 Å². The first-order chi connectivity index (χ1) is 15.2. The van der Waals surface area contributed by atoms with E-state index in [4.69, 9.17) is 0 Å². The molecular weight excluding hydrogens is 553 g/mol. The largest absolute Gasteiger partial charge is 0.493 e. The molecule has 2 heterocycles. The van der Waals surface area contributed by atoms with E-state index in [0.717, 1.165) is 0 Å². The van der Waals surface area contributed by atoms with Crippen molar-refractivity contribution < 1.29 is 77.7 Å². The number of hydrogen-bond donors (Lipinski definition) is 1. The number of carbonyl (C=O) groups excluding carboxylic acids is 1. The number of carbonyl (C=O) groups is 1. The number of halogens is 11. The molecular formula is C17H4F11N3O2Zn. The van der Waals surface area contributed by atoms with Crippen molar-refractivity contribution in [3.8, 4) is 11.6 Å². The van der Waals surface area contributed by atoms with Crippen LogP contribution in [0.25, 0.3) is 5.69 Å². The van der Waals surface area contributed by atoms with Crippen LogP contribution in [0.4, 0.5) is 48.3 Å². The summed E-state index contributed by atoms with van der Waals surface area (Å²) in [6.45, 7) is 0. The minimum absolute atomic E-state index is 0. The summed E-state index contributed by atoms with van der Waals surface area (Å²) in [5.74, 6) is -17.6. The summed E-state index contributed by atoms with van der Waals surface area (Å²) in [5.41, 5.74) is -9.50. The molecule has 1 N–H and O–H groups in total. The van der Waals surface area contributed by atoms with Gasteiger partial charge in [-0.15, -0.1) is 0 Å². The maximum atomic E-state index is 14.3. The minimum Gasteiger partial charge on any atom is -0.493 e. The second-order valence-corrected chi connectivity index (χ2v) is 6.10. The summed E-state index contributed by atoms with van der Waals surface area (Å²) >= 11 is 0. The summed E-state index contributed by atoms with van der Waals surface area (Å²) in [4.78, 5) is 14.5. The van der Waals surface area contributed by atoms with Crippen molar-refractivity contribution >= 4 is 5.78 Å². The monoisotopic (exact) mass is 555 g/mol. The molecule has 5 nitrogen and oxygen atoms in total. The third kappa shape index (κ3) is 4.48. The molecule has 0 saturated carbocycles. The van der Waals surface area contributed by atoms with E-state index in [1.54, 1.807) is 0 Å². The van der Waals surface area contributed by atoms with Gasteiger partial charge in [0.25, 0.3) is 12.4 Å². The molecule has 0 aliphatic rings. The van der Waals surface area contributed by atoms with E-state index in [-0.39, 0.29) is 31.6 Å². The fourth-order valence-electron chi connectivity index (χ4n) is 2.66. The molecule has 3 rings (SSSR count). The van der Waals surface area contributed by atoms with Crippen molar-refractivity contribution in [3.05, 3.63) is 69.7 Å². The number of hydrogen-bond acceptors (Lipinski definition) is 4. The van der Waals surface area contributed by atoms with Crippen LogP contribution in [0.1, 0.15) is 33.7 Å². The molecule has 0 aliphatic carbocycles. The van der Waals surface area contributed by atoms with Gasteiger partial charge in [0, 0.05) is 25.0 Å². The fraction of sp³-hybridized carbons (Fsp3) is 0.118. The SMILES string of the molecule is O=C(c1cc(F)c(F)c(F)c1)c1c(C(F)F)nn(-c2c(F)c(F)nc(C(F)(F)F)c2F)c1O.[Zn]. The molecule has 17 heteroatoms. The predicted octanol–water partition coefficient (Wildman–Crippen LogP) is 4.99. The molecule has 0 atom stereocenters. The van der Waals surface area contributed by atoms with Gasteiger partial charge in [0.15, 0.2) is 29.0 Å². The quantitative estimate of drug-likeness (QED) is 0.162. The van der Waals surface area contributed by atoms with Crippen molar-refractivity contribution in [1.82, 2.24) is 14.8 Å². The van der Waals surface area contributed by atoms with Crippen LogP contribution in [0.5, 0.6) is 5.88 Å². The first kappa shape index (κ1) is 27.2. The second kappa shape index (κ2) is 9.27. The molecule has 34 heavy (non-hydrogen) atoms. The zero-order valence-corrected chi connectivity index (χ0v) is 18.8. The molecule has 0 unspecified atom stereocenters. The number of pyridine rings is 1. The van der Waals surface area contributed by atoms with Gasteiger partial charge in [0.2, 0.25) is 17.5 Å². The van der Waals surface area contributed by atoms with E-state index in [2.05, 4.69) is 5.10 Å². The standard InChI is InChI=1S/C17H4F11N3O2.Zn/c18-4-1-3(2-5(19)7(4)20)12(32)6-10(14(23)24)30-31(16(6)33)11-8(21)13(17(26,27)28)29-15(25)9(11)22;/h1-2,14,33H;. The number of rotatable bonds is 4. The Kier molecular flexibility index (Phi) is 7.40. The van der Waals surface area contributed by atoms with Gasteiger partial charge in [-0.3, -0.25) is 4.79 Å². The Bertz CT molecular complexity index is 1270. The van der Waals surface area contributed by atoms with E-state index in [1.807, 2.05) is 4.98 Å². The fourth-order valence-corrected chi connectivity index (χ4v) is 2.66. The maximum absolute atomic E-state index is 14.3. The Hall–Kier alpha value is -3.10. The summed E-state index contributed by atoms with van der Waals surface area (Å²) in [7, 11) is 0. The smallest absolute Gasteiger partial charge is 0.436 e. The van der Waals surface area contributed by atoms with Crippen LogP contribution in [0.15, 0.2) is 12.1 Å². The Morgan fingerprint density at radius 3 is 1.94 bits per heavy atom. The number of aromatic hydroxyl groups is 1. The van der Waals surface area contributed by atoms with Gasteiger partial charge in [-0.25, -0.2) is 31.3 Å². The third-order valence-corrected chi connectivity index (χ3v) is 4.06. The van der Waals surface area contributed by atoms with Crippen LogP contribution in [0, 0.1) is 35.0 Å². The van der Waals surface area contributed by atoms with Crippen LogP contribution in [-0.4, -0.2) is 25.7 Å². The van der Waals surface area contributed by atoms with E-state index in [9.17, 15) is 58.2 Å². The Balaban J connectivity index is 0.00000408. The summed E-state index contributed by atoms with van der Waals surface area (Å²) in [5, 5.41) is 12.9. The molecule has 0 fully saturated rings. The van der Waals surface area contributed by atoms with Crippen LogP contribution < -0.4 is 0 Å². The van der Waals surface area contributed by atoms with Crippen LogP contribution in [0.3, 0.4) is 0 Å². The molecule has 0 spiro atoms. The van der Waals surface area contributed by atoms with Crippen molar-refractivity contribution in [2.45, 2.75) is 12.6 Å². The molecule has 0 aliphatic heterocycles. The number of nitrogens with zero attached hydrogens (tertiary/aromatic N) is 3.